The van der Waals surface area contributed by atoms with Crippen molar-refractivity contribution in [1.82, 2.24) is 0 Å². The number of nitrogens with zero attached hydrogens (tertiary/aromatic N) is 1. The largest absolute Gasteiger partial charge is 0.320 e. The average molecular weight is 340 g/mol. The van der Waals surface area contributed by atoms with Crippen molar-refractivity contribution in [2.75, 3.05) is 10.2 Å². The van der Waals surface area contributed by atoms with E-state index < -0.39 is 5.82 Å². The third-order valence-electron chi connectivity index (χ3n) is 4.49. The third kappa shape index (κ3) is 3.71. The number of halogens is 1. The molecule has 5 heteroatoms. The number of hydrogen-bond donors (Lipinski definition) is 1. The minimum atomic E-state index is -0.460. The third-order valence-corrected chi connectivity index (χ3v) is 4.49. The lowest BCUT2D eigenvalue weighted by atomic mass is 10.1. The molecule has 1 aliphatic rings. The number of benzene rings is 2. The predicted octanol–water partition coefficient (Wildman–Crippen LogP) is 4.21. The van der Waals surface area contributed by atoms with Gasteiger partial charge in [-0.2, -0.15) is 0 Å². The number of aryl methyl sites for hydroxylation is 2. The summed E-state index contributed by atoms with van der Waals surface area (Å²) in [6.07, 6.45) is 1.84. The van der Waals surface area contributed by atoms with E-state index in [1.807, 2.05) is 19.9 Å². The van der Waals surface area contributed by atoms with Crippen LogP contribution in [0.25, 0.3) is 0 Å². The fourth-order valence-electron chi connectivity index (χ4n) is 2.85. The predicted molar refractivity (Wildman–Crippen MR) is 96.5 cm³/mol. The number of carbonyl (C=O) groups excluding carboxylic acids is 2. The van der Waals surface area contributed by atoms with Crippen molar-refractivity contribution in [1.29, 1.82) is 0 Å². The van der Waals surface area contributed by atoms with Crippen molar-refractivity contribution in [3.05, 3.63) is 58.9 Å². The molecule has 130 valence electrons. The van der Waals surface area contributed by atoms with Gasteiger partial charge in [-0.3, -0.25) is 9.59 Å². The Kier molecular flexibility index (Phi) is 4.57. The van der Waals surface area contributed by atoms with Gasteiger partial charge in [0, 0.05) is 18.5 Å². The molecule has 1 N–H and O–H groups in total. The monoisotopic (exact) mass is 340 g/mol. The highest BCUT2D eigenvalue weighted by atomic mass is 19.1. The van der Waals surface area contributed by atoms with Crippen LogP contribution < -0.4 is 10.2 Å². The molecule has 0 bridgehead atoms. The van der Waals surface area contributed by atoms with Crippen molar-refractivity contribution in [3.8, 4) is 0 Å². The van der Waals surface area contributed by atoms with Gasteiger partial charge in [0.25, 0.3) is 5.91 Å². The summed E-state index contributed by atoms with van der Waals surface area (Å²) in [6.45, 7) is 5.39. The molecule has 2 amide bonds. The Balaban J connectivity index is 1.93. The Morgan fingerprint density at radius 2 is 1.80 bits per heavy atom. The molecular formula is C20H21FN2O2. The summed E-state index contributed by atoms with van der Waals surface area (Å²) in [6, 6.07) is 9.65. The molecule has 0 spiro atoms. The van der Waals surface area contributed by atoms with Crippen LogP contribution in [0.5, 0.6) is 0 Å². The van der Waals surface area contributed by atoms with Crippen LogP contribution in [0.1, 0.15) is 41.3 Å². The lowest BCUT2D eigenvalue weighted by molar-refractivity contribution is -0.116. The number of carbonyl (C=O) groups is 2. The Morgan fingerprint density at radius 3 is 2.40 bits per heavy atom. The highest BCUT2D eigenvalue weighted by molar-refractivity contribution is 6.07. The first-order chi connectivity index (χ1) is 11.9. The van der Waals surface area contributed by atoms with Gasteiger partial charge >= 0.3 is 0 Å². The molecule has 2 aromatic rings. The highest BCUT2D eigenvalue weighted by Crippen LogP contribution is 2.36. The minimum Gasteiger partial charge on any atom is -0.320 e. The number of nitrogens with one attached hydrogen (secondary N) is 1. The van der Waals surface area contributed by atoms with E-state index in [0.29, 0.717) is 16.9 Å². The summed E-state index contributed by atoms with van der Waals surface area (Å²) in [5.74, 6) is -0.900. The second kappa shape index (κ2) is 6.67. The topological polar surface area (TPSA) is 49.4 Å². The number of amides is 2. The molecule has 1 saturated carbocycles. The number of rotatable bonds is 4. The van der Waals surface area contributed by atoms with Gasteiger partial charge in [0.15, 0.2) is 0 Å². The van der Waals surface area contributed by atoms with Gasteiger partial charge in [0.2, 0.25) is 5.91 Å². The van der Waals surface area contributed by atoms with Crippen molar-refractivity contribution < 1.29 is 14.0 Å². The Hall–Kier alpha value is -2.69. The summed E-state index contributed by atoms with van der Waals surface area (Å²) < 4.78 is 13.7. The lowest BCUT2D eigenvalue weighted by Crippen LogP contribution is -2.31. The molecule has 0 heterocycles. The summed E-state index contributed by atoms with van der Waals surface area (Å²) >= 11 is 0. The van der Waals surface area contributed by atoms with Crippen LogP contribution in [-0.4, -0.2) is 17.9 Å². The summed E-state index contributed by atoms with van der Waals surface area (Å²) in [7, 11) is 0. The maximum absolute atomic E-state index is 13.7. The smallest absolute Gasteiger partial charge is 0.255 e. The van der Waals surface area contributed by atoms with E-state index in [1.54, 1.807) is 23.1 Å². The van der Waals surface area contributed by atoms with Gasteiger partial charge in [0.1, 0.15) is 5.82 Å². The standard InChI is InChI=1S/C20H21FN2O2/c1-12-4-5-15(10-13(12)2)20(25)22-18-11-16(21)6-9-19(18)23(14(3)24)17-7-8-17/h4-6,9-11,17H,7-8H2,1-3H3,(H,22,25). The van der Waals surface area contributed by atoms with Gasteiger partial charge in [-0.05, 0) is 68.1 Å². The molecule has 1 aliphatic carbocycles. The van der Waals surface area contributed by atoms with Crippen LogP contribution in [-0.2, 0) is 4.79 Å². The molecule has 2 aromatic carbocycles. The van der Waals surface area contributed by atoms with E-state index in [1.165, 1.54) is 19.1 Å². The van der Waals surface area contributed by atoms with E-state index in [9.17, 15) is 14.0 Å². The average Bonchev–Trinajstić information content (AvgIpc) is 3.37. The van der Waals surface area contributed by atoms with Gasteiger partial charge in [0.05, 0.1) is 11.4 Å². The quantitative estimate of drug-likeness (QED) is 0.906. The highest BCUT2D eigenvalue weighted by Gasteiger charge is 2.33. The Morgan fingerprint density at radius 1 is 1.08 bits per heavy atom. The molecule has 0 aromatic heterocycles. The molecule has 4 nitrogen and oxygen atoms in total. The number of anilines is 2. The molecule has 3 rings (SSSR count). The van der Waals surface area contributed by atoms with Crippen molar-refractivity contribution in [3.63, 3.8) is 0 Å². The van der Waals surface area contributed by atoms with Crippen molar-refractivity contribution in [2.45, 2.75) is 39.7 Å². The Bertz CT molecular complexity index is 844. The molecule has 25 heavy (non-hydrogen) atoms. The molecule has 0 aliphatic heterocycles. The van der Waals surface area contributed by atoms with E-state index in [4.69, 9.17) is 0 Å². The maximum atomic E-state index is 13.7. The van der Waals surface area contributed by atoms with Crippen LogP contribution in [0.4, 0.5) is 15.8 Å². The van der Waals surface area contributed by atoms with Crippen LogP contribution in [0, 0.1) is 19.7 Å². The van der Waals surface area contributed by atoms with Crippen LogP contribution >= 0.6 is 0 Å². The Labute approximate surface area is 146 Å². The fourth-order valence-corrected chi connectivity index (χ4v) is 2.85. The van der Waals surface area contributed by atoms with Gasteiger partial charge in [-0.15, -0.1) is 0 Å². The van der Waals surface area contributed by atoms with E-state index >= 15 is 0 Å². The van der Waals surface area contributed by atoms with Gasteiger partial charge in [-0.25, -0.2) is 4.39 Å². The molecule has 0 saturated heterocycles. The normalized spacial score (nSPS) is 13.4. The first-order valence-electron chi connectivity index (χ1n) is 8.35. The van der Waals surface area contributed by atoms with E-state index in [2.05, 4.69) is 5.32 Å². The zero-order valence-electron chi connectivity index (χ0n) is 14.6. The summed E-state index contributed by atoms with van der Waals surface area (Å²) in [4.78, 5) is 26.2. The molecule has 0 atom stereocenters. The zero-order valence-corrected chi connectivity index (χ0v) is 14.6. The zero-order chi connectivity index (χ0) is 18.1. The van der Waals surface area contributed by atoms with Crippen molar-refractivity contribution in [2.24, 2.45) is 0 Å². The molecular weight excluding hydrogens is 319 g/mol. The van der Waals surface area contributed by atoms with Crippen LogP contribution in [0.3, 0.4) is 0 Å². The summed E-state index contributed by atoms with van der Waals surface area (Å²) in [5, 5.41) is 2.76. The van der Waals surface area contributed by atoms with Crippen molar-refractivity contribution >= 4 is 23.2 Å². The minimum absolute atomic E-state index is 0.115. The second-order valence-electron chi connectivity index (χ2n) is 6.53. The van der Waals surface area contributed by atoms with E-state index in [0.717, 1.165) is 24.0 Å². The first-order valence-corrected chi connectivity index (χ1v) is 8.35. The van der Waals surface area contributed by atoms with Gasteiger partial charge in [-0.1, -0.05) is 6.07 Å². The molecule has 0 unspecified atom stereocenters. The van der Waals surface area contributed by atoms with Crippen LogP contribution in [0.2, 0.25) is 0 Å². The van der Waals surface area contributed by atoms with Crippen LogP contribution in [0.15, 0.2) is 36.4 Å². The van der Waals surface area contributed by atoms with E-state index in [-0.39, 0.29) is 17.9 Å². The molecule has 0 radical (unpaired) electrons. The maximum Gasteiger partial charge on any atom is 0.255 e. The number of hydrogen-bond acceptors (Lipinski definition) is 2. The fraction of sp³-hybridized carbons (Fsp3) is 0.300. The van der Waals surface area contributed by atoms with Gasteiger partial charge < -0.3 is 10.2 Å². The molecule has 1 fully saturated rings. The second-order valence-corrected chi connectivity index (χ2v) is 6.53. The first kappa shape index (κ1) is 17.1. The lowest BCUT2D eigenvalue weighted by Gasteiger charge is -2.24. The SMILES string of the molecule is CC(=O)N(c1ccc(F)cc1NC(=O)c1ccc(C)c(C)c1)C1CC1. The summed E-state index contributed by atoms with van der Waals surface area (Å²) in [5.41, 5.74) is 3.45.